The third kappa shape index (κ3) is 13.1. The molecule has 0 unspecified atom stereocenters. The zero-order valence-corrected chi connectivity index (χ0v) is 26.0. The number of benzene rings is 2. The summed E-state index contributed by atoms with van der Waals surface area (Å²) >= 11 is 14.4. The maximum absolute atomic E-state index is 8.19. The number of thiophene rings is 2. The average Bonchev–Trinajstić information content (AvgIpc) is 3.70. The Hall–Kier alpha value is -3.46. The summed E-state index contributed by atoms with van der Waals surface area (Å²) in [5.41, 5.74) is 6.92. The summed E-state index contributed by atoms with van der Waals surface area (Å²) in [5, 5.41) is 12.6. The van der Waals surface area contributed by atoms with Gasteiger partial charge in [0.15, 0.2) is 0 Å². The number of amidine groups is 2. The van der Waals surface area contributed by atoms with Crippen molar-refractivity contribution in [1.29, 1.82) is 0 Å². The molecule has 0 saturated carbocycles. The minimum atomic E-state index is 0.318. The molecule has 14 heteroatoms. The Kier molecular flexibility index (Phi) is 16.0. The van der Waals surface area contributed by atoms with E-state index in [9.17, 15) is 0 Å². The van der Waals surface area contributed by atoms with Gasteiger partial charge < -0.3 is 34.7 Å². The van der Waals surface area contributed by atoms with Crippen LogP contribution in [0.3, 0.4) is 0 Å². The van der Waals surface area contributed by atoms with Gasteiger partial charge in [-0.15, -0.1) is 22.7 Å². The molecule has 0 saturated heterocycles. The second-order valence-electron chi connectivity index (χ2n) is 7.00. The van der Waals surface area contributed by atoms with E-state index in [2.05, 4.69) is 31.0 Å². The van der Waals surface area contributed by atoms with Gasteiger partial charge in [-0.1, -0.05) is 12.1 Å². The van der Waals surface area contributed by atoms with E-state index in [-0.39, 0.29) is 0 Å². The van der Waals surface area contributed by atoms with E-state index in [0.29, 0.717) is 10.3 Å². The molecule has 0 spiro atoms. The molecule has 2 N–H and O–H groups in total. The van der Waals surface area contributed by atoms with Crippen molar-refractivity contribution in [3.63, 3.8) is 0 Å². The topological polar surface area (TPSA) is 109 Å². The third-order valence-corrected chi connectivity index (χ3v) is 6.38. The van der Waals surface area contributed by atoms with Crippen LogP contribution in [0.15, 0.2) is 104 Å². The molecule has 2 aromatic heterocycles. The van der Waals surface area contributed by atoms with Crippen molar-refractivity contribution < 1.29 is 30.5 Å². The quantitative estimate of drug-likeness (QED) is 0.109. The molecule has 2 heterocycles. The van der Waals surface area contributed by atoms with Gasteiger partial charge in [-0.25, -0.2) is 0 Å². The van der Waals surface area contributed by atoms with Crippen molar-refractivity contribution in [2.24, 2.45) is 20.2 Å². The number of ether oxygens (including phenoxy) is 2. The van der Waals surface area contributed by atoms with Crippen LogP contribution in [0.1, 0.15) is 9.75 Å². The predicted molar refractivity (Wildman–Crippen MR) is 166 cm³/mol. The van der Waals surface area contributed by atoms with E-state index in [1.54, 1.807) is 49.3 Å². The Bertz CT molecular complexity index is 1260. The first-order chi connectivity index (χ1) is 19.6. The average molecular weight is 648 g/mol. The molecule has 4 rings (SSSR count). The van der Waals surface area contributed by atoms with Crippen LogP contribution >= 0.6 is 22.7 Å². The second-order valence-corrected chi connectivity index (χ2v) is 9.73. The fourth-order valence-corrected chi connectivity index (χ4v) is 4.12. The van der Waals surface area contributed by atoms with Crippen LogP contribution in [0, 0.1) is 0 Å². The van der Waals surface area contributed by atoms with E-state index in [1.165, 1.54) is 0 Å². The van der Waals surface area contributed by atoms with Crippen LogP contribution in [-0.4, -0.2) is 37.0 Å². The number of rotatable bonds is 8. The number of hydrazone groups is 2. The fraction of sp³-hybridized carbons (Fsp3) is 0.0769. The first-order valence-corrected chi connectivity index (χ1v) is 14.3. The third-order valence-electron chi connectivity index (χ3n) is 4.40. The van der Waals surface area contributed by atoms with E-state index < -0.39 is 0 Å². The molecule has 2 aromatic carbocycles. The summed E-state index contributed by atoms with van der Waals surface area (Å²) in [6.45, 7) is 0. The van der Waals surface area contributed by atoms with Gasteiger partial charge in [0.2, 0.25) is 0 Å². The Morgan fingerprint density at radius 2 is 1.07 bits per heavy atom. The SMILES string of the molecule is COc1ccc(N=C([S-])N/N=C/c2cccs2)cc1.COc1ccc(N=C([S-])N/N=C/c2cccs2)cc1.[O]=[V+2]. The van der Waals surface area contributed by atoms with Gasteiger partial charge >= 0.3 is 21.0 Å². The molecule has 40 heavy (non-hydrogen) atoms. The standard InChI is InChI=1S/2C13H13N3OS2.O.V/c2*1-17-11-6-4-10(5-7-11)15-13(18)16-14-9-12-3-2-8-19-12;;/h2*2-9H,1H3,(H2,15,16,18);;/q;;;+2/p-2/b2*14-9+;;. The molecule has 0 atom stereocenters. The first-order valence-electron chi connectivity index (χ1n) is 11.2. The predicted octanol–water partition coefficient (Wildman–Crippen LogP) is 5.71. The summed E-state index contributed by atoms with van der Waals surface area (Å²) in [6.07, 6.45) is 3.42. The van der Waals surface area contributed by atoms with Crippen molar-refractivity contribution in [2.45, 2.75) is 0 Å². The minimum absolute atomic E-state index is 0.318. The Labute approximate surface area is 261 Å². The van der Waals surface area contributed by atoms with Gasteiger partial charge in [0.25, 0.3) is 0 Å². The summed E-state index contributed by atoms with van der Waals surface area (Å²) in [7, 11) is 3.25. The Balaban J connectivity index is 0.000000264. The maximum atomic E-state index is 8.19. The van der Waals surface area contributed by atoms with Crippen LogP contribution in [0.5, 0.6) is 11.5 Å². The molecular formula is C26H24N6O3S4V. The molecule has 205 valence electrons. The number of aliphatic imine (C=N–C) groups is 2. The van der Waals surface area contributed by atoms with Gasteiger partial charge in [0.1, 0.15) is 11.5 Å². The first kappa shape index (κ1) is 32.8. The molecule has 4 aromatic rings. The van der Waals surface area contributed by atoms with Gasteiger partial charge in [-0.2, -0.15) is 10.2 Å². The zero-order valence-electron chi connectivity index (χ0n) is 21.3. The summed E-state index contributed by atoms with van der Waals surface area (Å²) in [4.78, 5) is 10.5. The van der Waals surface area contributed by atoms with Crippen LogP contribution in [0.25, 0.3) is 0 Å². The molecule has 0 bridgehead atoms. The molecular weight excluding hydrogens is 624 g/mol. The number of nitrogens with one attached hydrogen (secondary N) is 2. The van der Waals surface area contributed by atoms with Gasteiger partial charge in [0, 0.05) is 20.1 Å². The molecule has 0 fully saturated rings. The second kappa shape index (κ2) is 19.6. The molecule has 0 aliphatic carbocycles. The normalized spacial score (nSPS) is 11.3. The van der Waals surface area contributed by atoms with E-state index in [1.807, 2.05) is 83.6 Å². The van der Waals surface area contributed by atoms with Crippen LogP contribution in [-0.2, 0) is 46.3 Å². The summed E-state index contributed by atoms with van der Waals surface area (Å²) < 4.78 is 18.3. The van der Waals surface area contributed by atoms with E-state index in [4.69, 9.17) is 38.4 Å². The zero-order chi connectivity index (χ0) is 29.0. The van der Waals surface area contributed by atoms with Crippen LogP contribution < -0.4 is 20.3 Å². The van der Waals surface area contributed by atoms with Crippen molar-refractivity contribution in [3.05, 3.63) is 93.3 Å². The van der Waals surface area contributed by atoms with Gasteiger partial charge in [-0.05, 0) is 71.4 Å². The molecule has 0 amide bonds. The number of methoxy groups -OCH3 is 2. The van der Waals surface area contributed by atoms with Gasteiger partial charge in [-0.3, -0.25) is 20.8 Å². The van der Waals surface area contributed by atoms with Crippen molar-refractivity contribution in [3.8, 4) is 11.5 Å². The van der Waals surface area contributed by atoms with E-state index in [0.717, 1.165) is 50.0 Å². The number of nitrogens with zero attached hydrogens (tertiary/aromatic N) is 4. The summed E-state index contributed by atoms with van der Waals surface area (Å²) in [5.74, 6) is 1.57. The van der Waals surface area contributed by atoms with Crippen molar-refractivity contribution >= 4 is 82.1 Å². The van der Waals surface area contributed by atoms with Gasteiger partial charge in [0.05, 0.1) is 38.0 Å². The number of hydrogen-bond donors (Lipinski definition) is 2. The monoisotopic (exact) mass is 647 g/mol. The summed E-state index contributed by atoms with van der Waals surface area (Å²) in [6, 6.07) is 22.5. The van der Waals surface area contributed by atoms with Crippen molar-refractivity contribution in [1.82, 2.24) is 10.9 Å². The van der Waals surface area contributed by atoms with Crippen LogP contribution in [0.4, 0.5) is 11.4 Å². The molecule has 0 aliphatic rings. The molecule has 0 radical (unpaired) electrons. The number of hydrogen-bond acceptors (Lipinski definition) is 11. The molecule has 9 nitrogen and oxygen atoms in total. The molecule has 0 aliphatic heterocycles. The van der Waals surface area contributed by atoms with Crippen molar-refractivity contribution in [2.75, 3.05) is 14.2 Å². The van der Waals surface area contributed by atoms with E-state index >= 15 is 0 Å². The van der Waals surface area contributed by atoms with Crippen LogP contribution in [0.2, 0.25) is 0 Å². The Morgan fingerprint density at radius 1 is 0.700 bits per heavy atom. The fourth-order valence-electron chi connectivity index (χ4n) is 2.63. The Morgan fingerprint density at radius 3 is 1.38 bits per heavy atom.